The van der Waals surface area contributed by atoms with Crippen molar-refractivity contribution in [1.82, 2.24) is 9.88 Å². The third-order valence-electron chi connectivity index (χ3n) is 5.87. The van der Waals surface area contributed by atoms with Gasteiger partial charge in [0.25, 0.3) is 11.9 Å². The smallest absolute Gasteiger partial charge is 0.298 e. The summed E-state index contributed by atoms with van der Waals surface area (Å²) in [6.45, 7) is 3.01. The molecule has 1 aromatic heterocycles. The summed E-state index contributed by atoms with van der Waals surface area (Å²) in [5, 5.41) is 11.6. The number of nitrogens with zero attached hydrogens (tertiary/aromatic N) is 4. The summed E-state index contributed by atoms with van der Waals surface area (Å²) in [6.07, 6.45) is 2.41. The van der Waals surface area contributed by atoms with Crippen LogP contribution in [0.3, 0.4) is 0 Å². The Morgan fingerprint density at radius 3 is 2.74 bits per heavy atom. The third kappa shape index (κ3) is 3.74. The van der Waals surface area contributed by atoms with Crippen LogP contribution in [-0.4, -0.2) is 54.4 Å². The minimum atomic E-state index is -0.00870. The molecule has 2 aliphatic rings. The van der Waals surface area contributed by atoms with Crippen LogP contribution in [0.15, 0.2) is 52.0 Å². The van der Waals surface area contributed by atoms with Crippen LogP contribution in [0.1, 0.15) is 10.4 Å². The van der Waals surface area contributed by atoms with Crippen LogP contribution in [0, 0.1) is 17.2 Å². The van der Waals surface area contributed by atoms with Gasteiger partial charge in [-0.05, 0) is 30.3 Å². The van der Waals surface area contributed by atoms with Gasteiger partial charge in [-0.25, -0.2) is 0 Å². The van der Waals surface area contributed by atoms with Gasteiger partial charge in [0.15, 0.2) is 5.58 Å². The Morgan fingerprint density at radius 2 is 1.97 bits per heavy atom. The minimum absolute atomic E-state index is 0.00870. The molecule has 0 bridgehead atoms. The van der Waals surface area contributed by atoms with Gasteiger partial charge in [-0.3, -0.25) is 10.2 Å². The molecule has 8 nitrogen and oxygen atoms in total. The lowest BCUT2D eigenvalue weighted by atomic mass is 10.0. The summed E-state index contributed by atoms with van der Waals surface area (Å²) in [5.41, 5.74) is 5.54. The van der Waals surface area contributed by atoms with Crippen molar-refractivity contribution in [2.75, 3.05) is 36.5 Å². The Labute approximate surface area is 184 Å². The van der Waals surface area contributed by atoms with Crippen molar-refractivity contribution in [1.29, 1.82) is 5.41 Å². The van der Waals surface area contributed by atoms with E-state index >= 15 is 0 Å². The predicted octanol–water partition coefficient (Wildman–Crippen LogP) is 3.74. The quantitative estimate of drug-likeness (QED) is 0.469. The lowest BCUT2D eigenvalue weighted by molar-refractivity contribution is 0.0783. The maximum atomic E-state index is 13.2. The number of carbonyl (C=O) groups excluding carboxylic acids is 1. The molecule has 2 atom stereocenters. The average Bonchev–Trinajstić information content (AvgIpc) is 3.46. The molecule has 2 fully saturated rings. The topological polar surface area (TPSA) is 97.8 Å². The number of hydrogen-bond acceptors (Lipinski definition) is 7. The number of hydrogen-bond donors (Lipinski definition) is 2. The number of halogens is 1. The molecule has 3 aromatic rings. The van der Waals surface area contributed by atoms with Gasteiger partial charge in [0.05, 0.1) is 17.5 Å². The minimum Gasteiger partial charge on any atom is -0.423 e. The molecule has 0 aliphatic carbocycles. The van der Waals surface area contributed by atoms with Gasteiger partial charge in [-0.2, -0.15) is 10.1 Å². The van der Waals surface area contributed by atoms with Crippen molar-refractivity contribution >= 4 is 52.7 Å². The Balaban J connectivity index is 1.27. The van der Waals surface area contributed by atoms with E-state index in [9.17, 15) is 4.79 Å². The van der Waals surface area contributed by atoms with Gasteiger partial charge in [-0.15, -0.1) is 0 Å². The SMILES string of the molecule is N=C/C=N\Nc1ccccc1C(=O)N1CC2CN(c3nc4cc(Cl)ccc4o3)CC2C1. The van der Waals surface area contributed by atoms with Crippen LogP contribution in [-0.2, 0) is 0 Å². The summed E-state index contributed by atoms with van der Waals surface area (Å²) < 4.78 is 5.92. The van der Waals surface area contributed by atoms with Crippen molar-refractivity contribution in [3.8, 4) is 0 Å². The molecule has 2 N–H and O–H groups in total. The van der Waals surface area contributed by atoms with Gasteiger partial charge < -0.3 is 19.6 Å². The molecule has 2 aromatic carbocycles. The van der Waals surface area contributed by atoms with Crippen molar-refractivity contribution in [2.45, 2.75) is 0 Å². The zero-order chi connectivity index (χ0) is 21.4. The van der Waals surface area contributed by atoms with Crippen molar-refractivity contribution in [2.24, 2.45) is 16.9 Å². The van der Waals surface area contributed by atoms with Crippen LogP contribution in [0.2, 0.25) is 5.02 Å². The Hall–Kier alpha value is -3.39. The van der Waals surface area contributed by atoms with E-state index in [1.165, 1.54) is 6.21 Å². The van der Waals surface area contributed by atoms with Crippen LogP contribution in [0.25, 0.3) is 11.1 Å². The molecule has 1 amide bonds. The molecule has 5 rings (SSSR count). The third-order valence-corrected chi connectivity index (χ3v) is 6.11. The van der Waals surface area contributed by atoms with Crippen molar-refractivity contribution in [3.63, 3.8) is 0 Å². The zero-order valence-corrected chi connectivity index (χ0v) is 17.4. The van der Waals surface area contributed by atoms with E-state index in [1.807, 2.05) is 29.2 Å². The highest BCUT2D eigenvalue weighted by molar-refractivity contribution is 6.31. The Kier molecular flexibility index (Phi) is 5.07. The maximum Gasteiger partial charge on any atom is 0.298 e. The van der Waals surface area contributed by atoms with Gasteiger partial charge in [-0.1, -0.05) is 23.7 Å². The second-order valence-electron chi connectivity index (χ2n) is 7.85. The highest BCUT2D eigenvalue weighted by Gasteiger charge is 2.43. The van der Waals surface area contributed by atoms with E-state index in [-0.39, 0.29) is 5.91 Å². The fourth-order valence-electron chi connectivity index (χ4n) is 4.42. The lowest BCUT2D eigenvalue weighted by Gasteiger charge is -2.21. The van der Waals surface area contributed by atoms with E-state index < -0.39 is 0 Å². The fraction of sp³-hybridized carbons (Fsp3) is 0.273. The molecular formula is C22H21ClN6O2. The van der Waals surface area contributed by atoms with Gasteiger partial charge in [0.1, 0.15) is 5.52 Å². The number of rotatable bonds is 5. The number of carbonyl (C=O) groups is 1. The monoisotopic (exact) mass is 436 g/mol. The number of para-hydroxylation sites is 1. The number of hydrazone groups is 1. The molecule has 2 unspecified atom stereocenters. The Morgan fingerprint density at radius 1 is 1.19 bits per heavy atom. The number of oxazole rings is 1. The molecule has 9 heteroatoms. The van der Waals surface area contributed by atoms with Crippen LogP contribution >= 0.6 is 11.6 Å². The van der Waals surface area contributed by atoms with Gasteiger partial charge in [0.2, 0.25) is 0 Å². The van der Waals surface area contributed by atoms with E-state index in [1.54, 1.807) is 18.2 Å². The standard InChI is InChI=1S/C22H21ClN6O2/c23-16-5-6-20-19(9-16)26-22(31-20)29-12-14-10-28(11-15(14)13-29)21(30)17-3-1-2-4-18(17)27-25-8-7-24/h1-9,14-15,24,27H,10-13H2/b24-7?,25-8-. The fourth-order valence-corrected chi connectivity index (χ4v) is 4.59. The molecule has 3 heterocycles. The normalized spacial score (nSPS) is 20.5. The van der Waals surface area contributed by atoms with E-state index in [4.69, 9.17) is 21.4 Å². The highest BCUT2D eigenvalue weighted by atomic mass is 35.5. The molecule has 0 saturated carbocycles. The van der Waals surface area contributed by atoms with Crippen LogP contribution < -0.4 is 10.3 Å². The zero-order valence-electron chi connectivity index (χ0n) is 16.7. The predicted molar refractivity (Wildman–Crippen MR) is 121 cm³/mol. The number of fused-ring (bicyclic) bond motifs is 2. The molecule has 31 heavy (non-hydrogen) atoms. The largest absolute Gasteiger partial charge is 0.423 e. The molecule has 2 saturated heterocycles. The average molecular weight is 437 g/mol. The molecule has 2 aliphatic heterocycles. The van der Waals surface area contributed by atoms with Crippen molar-refractivity contribution < 1.29 is 9.21 Å². The molecule has 0 spiro atoms. The summed E-state index contributed by atoms with van der Waals surface area (Å²) >= 11 is 6.05. The maximum absolute atomic E-state index is 13.2. The molecule has 0 radical (unpaired) electrons. The van der Waals surface area contributed by atoms with E-state index in [0.29, 0.717) is 47.2 Å². The molecular weight excluding hydrogens is 416 g/mol. The number of benzene rings is 2. The second kappa shape index (κ2) is 8.03. The van der Waals surface area contributed by atoms with Crippen molar-refractivity contribution in [3.05, 3.63) is 53.1 Å². The summed E-state index contributed by atoms with van der Waals surface area (Å²) in [7, 11) is 0. The first-order valence-corrected chi connectivity index (χ1v) is 10.5. The van der Waals surface area contributed by atoms with Gasteiger partial charge >= 0.3 is 0 Å². The summed E-state index contributed by atoms with van der Waals surface area (Å²) in [5.74, 6) is 0.739. The van der Waals surface area contributed by atoms with Crippen LogP contribution in [0.4, 0.5) is 11.7 Å². The van der Waals surface area contributed by atoms with Gasteiger partial charge in [0, 0.05) is 49.3 Å². The first-order chi connectivity index (χ1) is 15.1. The number of aromatic nitrogens is 1. The number of likely N-dealkylation sites (tertiary alicyclic amines) is 1. The van der Waals surface area contributed by atoms with E-state index in [0.717, 1.165) is 30.4 Å². The lowest BCUT2D eigenvalue weighted by Crippen LogP contribution is -2.33. The Bertz CT molecular complexity index is 1160. The first kappa shape index (κ1) is 19.6. The highest BCUT2D eigenvalue weighted by Crippen LogP contribution is 2.36. The number of anilines is 2. The summed E-state index contributed by atoms with van der Waals surface area (Å²) in [4.78, 5) is 21.8. The number of amides is 1. The molecule has 158 valence electrons. The second-order valence-corrected chi connectivity index (χ2v) is 8.28. The number of nitrogens with one attached hydrogen (secondary N) is 2. The van der Waals surface area contributed by atoms with Crippen LogP contribution in [0.5, 0.6) is 0 Å². The first-order valence-electron chi connectivity index (χ1n) is 10.1. The van der Waals surface area contributed by atoms with E-state index in [2.05, 4.69) is 20.4 Å². The summed E-state index contributed by atoms with van der Waals surface area (Å²) in [6, 6.07) is 13.4.